The monoisotopic (exact) mass is 398 g/mol. The number of nitrogens with zero attached hydrogens (tertiary/aromatic N) is 1. The Balaban J connectivity index is 2.06. The third kappa shape index (κ3) is 5.48. The highest BCUT2D eigenvalue weighted by atomic mass is 32.2. The zero-order chi connectivity index (χ0) is 20.2. The van der Waals surface area contributed by atoms with Crippen molar-refractivity contribution < 1.29 is 27.1 Å². The van der Waals surface area contributed by atoms with E-state index >= 15 is 0 Å². The van der Waals surface area contributed by atoms with Crippen LogP contribution in [0.15, 0.2) is 42.5 Å². The van der Waals surface area contributed by atoms with E-state index in [1.165, 1.54) is 6.07 Å². The van der Waals surface area contributed by atoms with E-state index in [1.807, 2.05) is 0 Å². The van der Waals surface area contributed by atoms with Crippen LogP contribution in [-0.4, -0.2) is 38.8 Å². The quantitative estimate of drug-likeness (QED) is 0.746. The Labute approximate surface area is 156 Å². The number of aliphatic hydroxyl groups is 1. The first kappa shape index (κ1) is 20.8. The summed E-state index contributed by atoms with van der Waals surface area (Å²) in [5, 5.41) is 12.4. The van der Waals surface area contributed by atoms with E-state index < -0.39 is 40.2 Å². The number of aryl methyl sites for hydroxylation is 1. The predicted octanol–water partition coefficient (Wildman–Crippen LogP) is 1.89. The van der Waals surface area contributed by atoms with Gasteiger partial charge < -0.3 is 10.4 Å². The van der Waals surface area contributed by atoms with Crippen molar-refractivity contribution in [3.63, 3.8) is 0 Å². The number of para-hydroxylation sites is 1. The van der Waals surface area contributed by atoms with Gasteiger partial charge in [-0.1, -0.05) is 24.3 Å². The lowest BCUT2D eigenvalue weighted by atomic mass is 10.1. The number of hydrogen-bond donors (Lipinski definition) is 2. The van der Waals surface area contributed by atoms with Crippen LogP contribution in [-0.2, 0) is 14.8 Å². The van der Waals surface area contributed by atoms with E-state index in [-0.39, 0.29) is 12.1 Å². The lowest BCUT2D eigenvalue weighted by Gasteiger charge is -2.24. The summed E-state index contributed by atoms with van der Waals surface area (Å²) in [6, 6.07) is 9.62. The van der Waals surface area contributed by atoms with Crippen LogP contribution in [0.2, 0.25) is 0 Å². The van der Waals surface area contributed by atoms with Crippen molar-refractivity contribution in [1.82, 2.24) is 5.32 Å². The van der Waals surface area contributed by atoms with Gasteiger partial charge in [0.05, 0.1) is 18.0 Å². The number of halogens is 2. The SMILES string of the molecule is Cc1ccccc1N(CC(=O)NCC(O)c1ccc(F)c(F)c1)S(C)(=O)=O. The molecule has 2 N–H and O–H groups in total. The van der Waals surface area contributed by atoms with Gasteiger partial charge in [0.2, 0.25) is 15.9 Å². The van der Waals surface area contributed by atoms with Crippen molar-refractivity contribution in [3.05, 3.63) is 65.2 Å². The molecule has 27 heavy (non-hydrogen) atoms. The molecule has 0 aromatic heterocycles. The molecule has 146 valence electrons. The Morgan fingerprint density at radius 3 is 2.44 bits per heavy atom. The Bertz CT molecular complexity index is 935. The molecule has 0 radical (unpaired) electrons. The number of anilines is 1. The summed E-state index contributed by atoms with van der Waals surface area (Å²) in [6.07, 6.45) is -0.280. The van der Waals surface area contributed by atoms with Gasteiger partial charge in [0, 0.05) is 6.54 Å². The van der Waals surface area contributed by atoms with E-state index in [2.05, 4.69) is 5.32 Å². The molecular formula is C18H20F2N2O4S. The van der Waals surface area contributed by atoms with Crippen molar-refractivity contribution in [2.75, 3.05) is 23.7 Å². The molecule has 0 spiro atoms. The normalized spacial score (nSPS) is 12.5. The number of carbonyl (C=O) groups is 1. The smallest absolute Gasteiger partial charge is 0.240 e. The van der Waals surface area contributed by atoms with Crippen molar-refractivity contribution in [3.8, 4) is 0 Å². The van der Waals surface area contributed by atoms with Gasteiger partial charge in [-0.25, -0.2) is 17.2 Å². The number of carbonyl (C=O) groups excluding carboxylic acids is 1. The maximum atomic E-state index is 13.2. The van der Waals surface area contributed by atoms with Gasteiger partial charge in [0.15, 0.2) is 11.6 Å². The van der Waals surface area contributed by atoms with Crippen molar-refractivity contribution in [2.24, 2.45) is 0 Å². The molecule has 0 aliphatic heterocycles. The molecule has 0 saturated carbocycles. The zero-order valence-corrected chi connectivity index (χ0v) is 15.6. The van der Waals surface area contributed by atoms with Gasteiger partial charge in [0.1, 0.15) is 6.54 Å². The second-order valence-electron chi connectivity index (χ2n) is 6.05. The Hall–Kier alpha value is -2.52. The molecule has 6 nitrogen and oxygen atoms in total. The highest BCUT2D eigenvalue weighted by Gasteiger charge is 2.22. The van der Waals surface area contributed by atoms with E-state index in [9.17, 15) is 27.1 Å². The minimum atomic E-state index is -3.72. The van der Waals surface area contributed by atoms with Crippen LogP contribution in [0.4, 0.5) is 14.5 Å². The minimum Gasteiger partial charge on any atom is -0.387 e. The van der Waals surface area contributed by atoms with Crippen LogP contribution in [0.5, 0.6) is 0 Å². The molecule has 0 aliphatic carbocycles. The van der Waals surface area contributed by atoms with Gasteiger partial charge in [-0.05, 0) is 36.2 Å². The lowest BCUT2D eigenvalue weighted by molar-refractivity contribution is -0.120. The zero-order valence-electron chi connectivity index (χ0n) is 14.8. The molecule has 0 saturated heterocycles. The van der Waals surface area contributed by atoms with E-state index in [0.29, 0.717) is 11.3 Å². The van der Waals surface area contributed by atoms with Crippen molar-refractivity contribution in [1.29, 1.82) is 0 Å². The Morgan fingerprint density at radius 1 is 1.19 bits per heavy atom. The van der Waals surface area contributed by atoms with Gasteiger partial charge in [0.25, 0.3) is 0 Å². The largest absolute Gasteiger partial charge is 0.387 e. The van der Waals surface area contributed by atoms with Crippen LogP contribution >= 0.6 is 0 Å². The molecule has 2 aromatic carbocycles. The van der Waals surface area contributed by atoms with Crippen LogP contribution in [0.25, 0.3) is 0 Å². The lowest BCUT2D eigenvalue weighted by Crippen LogP contribution is -2.41. The summed E-state index contributed by atoms with van der Waals surface area (Å²) < 4.78 is 51.3. The number of hydrogen-bond acceptors (Lipinski definition) is 4. The molecule has 9 heteroatoms. The van der Waals surface area contributed by atoms with E-state index in [1.54, 1.807) is 31.2 Å². The fraction of sp³-hybridized carbons (Fsp3) is 0.278. The first-order valence-corrected chi connectivity index (χ1v) is 9.87. The van der Waals surface area contributed by atoms with Crippen molar-refractivity contribution in [2.45, 2.75) is 13.0 Å². The van der Waals surface area contributed by atoms with Crippen LogP contribution in [0.3, 0.4) is 0 Å². The topological polar surface area (TPSA) is 86.7 Å². The maximum absolute atomic E-state index is 13.2. The Morgan fingerprint density at radius 2 is 1.85 bits per heavy atom. The maximum Gasteiger partial charge on any atom is 0.240 e. The molecule has 0 aliphatic rings. The first-order chi connectivity index (χ1) is 12.6. The first-order valence-electron chi connectivity index (χ1n) is 8.02. The molecular weight excluding hydrogens is 378 g/mol. The van der Waals surface area contributed by atoms with Gasteiger partial charge in [-0.3, -0.25) is 9.10 Å². The average Bonchev–Trinajstić information content (AvgIpc) is 2.59. The number of benzene rings is 2. The molecule has 1 atom stereocenters. The van der Waals surface area contributed by atoms with Crippen molar-refractivity contribution >= 4 is 21.6 Å². The number of aliphatic hydroxyl groups excluding tert-OH is 1. The molecule has 1 unspecified atom stereocenters. The molecule has 2 aromatic rings. The third-order valence-electron chi connectivity index (χ3n) is 3.89. The second-order valence-corrected chi connectivity index (χ2v) is 7.96. The van der Waals surface area contributed by atoms with Gasteiger partial charge >= 0.3 is 0 Å². The summed E-state index contributed by atoms with van der Waals surface area (Å²) in [7, 11) is -3.72. The highest BCUT2D eigenvalue weighted by molar-refractivity contribution is 7.92. The van der Waals surface area contributed by atoms with E-state index in [0.717, 1.165) is 22.7 Å². The molecule has 0 heterocycles. The summed E-state index contributed by atoms with van der Waals surface area (Å²) in [5.74, 6) is -2.80. The minimum absolute atomic E-state index is 0.0908. The fourth-order valence-corrected chi connectivity index (χ4v) is 3.37. The molecule has 0 fully saturated rings. The molecule has 2 rings (SSSR count). The Kier molecular flexibility index (Phi) is 6.50. The highest BCUT2D eigenvalue weighted by Crippen LogP contribution is 2.21. The number of sulfonamides is 1. The number of rotatable bonds is 7. The fourth-order valence-electron chi connectivity index (χ4n) is 2.46. The standard InChI is InChI=1S/C18H20F2N2O4S/c1-12-5-3-4-6-16(12)22(27(2,25)26)11-18(24)21-10-17(23)13-7-8-14(19)15(20)9-13/h3-9,17,23H,10-11H2,1-2H3,(H,21,24). The molecule has 1 amide bonds. The summed E-state index contributed by atoms with van der Waals surface area (Å²) in [5.41, 5.74) is 1.14. The summed E-state index contributed by atoms with van der Waals surface area (Å²) >= 11 is 0. The average molecular weight is 398 g/mol. The van der Waals surface area contributed by atoms with Crippen LogP contribution in [0, 0.1) is 18.6 Å². The van der Waals surface area contributed by atoms with Crippen LogP contribution in [0.1, 0.15) is 17.2 Å². The number of nitrogens with one attached hydrogen (secondary N) is 1. The number of amides is 1. The van der Waals surface area contributed by atoms with Gasteiger partial charge in [-0.2, -0.15) is 0 Å². The predicted molar refractivity (Wildman–Crippen MR) is 97.7 cm³/mol. The van der Waals surface area contributed by atoms with Gasteiger partial charge in [-0.15, -0.1) is 0 Å². The summed E-state index contributed by atoms with van der Waals surface area (Å²) in [4.78, 5) is 12.2. The molecule has 0 bridgehead atoms. The second kappa shape index (κ2) is 8.45. The van der Waals surface area contributed by atoms with Crippen LogP contribution < -0.4 is 9.62 Å². The summed E-state index contributed by atoms with van der Waals surface area (Å²) in [6.45, 7) is 0.960. The third-order valence-corrected chi connectivity index (χ3v) is 5.02. The van der Waals surface area contributed by atoms with E-state index in [4.69, 9.17) is 0 Å².